The number of anilines is 1. The Kier molecular flexibility index (Phi) is 7.85. The molecule has 0 radical (unpaired) electrons. The molecule has 0 saturated carbocycles. The molecule has 0 aromatic heterocycles. The van der Waals surface area contributed by atoms with Crippen LogP contribution in [0.25, 0.3) is 0 Å². The van der Waals surface area contributed by atoms with Crippen molar-refractivity contribution in [3.63, 3.8) is 0 Å². The van der Waals surface area contributed by atoms with E-state index in [4.69, 9.17) is 10.00 Å². The van der Waals surface area contributed by atoms with Crippen LogP contribution in [-0.2, 0) is 4.79 Å². The van der Waals surface area contributed by atoms with Gasteiger partial charge in [0.2, 0.25) is 5.91 Å². The fraction of sp³-hybridized carbons (Fsp3) is 0.467. The lowest BCUT2D eigenvalue weighted by Gasteiger charge is -2.09. The Morgan fingerprint density at radius 2 is 2.30 bits per heavy atom. The standard InChI is InChI=1S/C15H21N3O2/c1-2-17-10-8-15(19)18-13-6-5-7-14(12-13)20-11-4-3-9-16/h5-7,12,17H,2-4,8,10-11H2,1H3,(H,18,19). The Bertz CT molecular complexity index is 455. The first kappa shape index (κ1) is 16.0. The summed E-state index contributed by atoms with van der Waals surface area (Å²) >= 11 is 0. The Labute approximate surface area is 119 Å². The molecule has 108 valence electrons. The molecule has 0 spiro atoms. The fourth-order valence-corrected chi connectivity index (χ4v) is 1.61. The van der Waals surface area contributed by atoms with Crippen molar-refractivity contribution in [1.82, 2.24) is 5.32 Å². The van der Waals surface area contributed by atoms with Gasteiger partial charge in [-0.15, -0.1) is 0 Å². The first-order chi connectivity index (χ1) is 9.76. The number of carbonyl (C=O) groups is 1. The van der Waals surface area contributed by atoms with Gasteiger partial charge in [-0.3, -0.25) is 4.79 Å². The number of ether oxygens (including phenoxy) is 1. The fourth-order valence-electron chi connectivity index (χ4n) is 1.61. The van der Waals surface area contributed by atoms with Gasteiger partial charge in [-0.2, -0.15) is 5.26 Å². The summed E-state index contributed by atoms with van der Waals surface area (Å²) in [6.45, 7) is 4.04. The van der Waals surface area contributed by atoms with Crippen molar-refractivity contribution in [3.05, 3.63) is 24.3 Å². The number of unbranched alkanes of at least 4 members (excludes halogenated alkanes) is 1. The van der Waals surface area contributed by atoms with Crippen LogP contribution >= 0.6 is 0 Å². The minimum absolute atomic E-state index is 0.0208. The van der Waals surface area contributed by atoms with Gasteiger partial charge in [0.25, 0.3) is 0 Å². The lowest BCUT2D eigenvalue weighted by atomic mass is 10.3. The summed E-state index contributed by atoms with van der Waals surface area (Å²) in [4.78, 5) is 11.7. The van der Waals surface area contributed by atoms with Crippen molar-refractivity contribution in [1.29, 1.82) is 5.26 Å². The molecule has 0 heterocycles. The third-order valence-corrected chi connectivity index (χ3v) is 2.60. The molecule has 1 aromatic carbocycles. The van der Waals surface area contributed by atoms with Crippen molar-refractivity contribution in [2.24, 2.45) is 0 Å². The van der Waals surface area contributed by atoms with Crippen molar-refractivity contribution in [2.75, 3.05) is 25.0 Å². The Balaban J connectivity index is 2.39. The maximum atomic E-state index is 11.7. The van der Waals surface area contributed by atoms with Gasteiger partial charge in [0, 0.05) is 31.1 Å². The van der Waals surface area contributed by atoms with Crippen LogP contribution in [0.15, 0.2) is 24.3 Å². The van der Waals surface area contributed by atoms with E-state index in [9.17, 15) is 4.79 Å². The van der Waals surface area contributed by atoms with Gasteiger partial charge in [0.15, 0.2) is 0 Å². The summed E-state index contributed by atoms with van der Waals surface area (Å²) in [5, 5.41) is 14.4. The van der Waals surface area contributed by atoms with Gasteiger partial charge in [0.05, 0.1) is 12.7 Å². The van der Waals surface area contributed by atoms with Gasteiger partial charge < -0.3 is 15.4 Å². The van der Waals surface area contributed by atoms with Crippen LogP contribution in [0.4, 0.5) is 5.69 Å². The van der Waals surface area contributed by atoms with E-state index in [1.807, 2.05) is 25.1 Å². The molecule has 1 rings (SSSR count). The van der Waals surface area contributed by atoms with Gasteiger partial charge in [-0.05, 0) is 25.1 Å². The summed E-state index contributed by atoms with van der Waals surface area (Å²) in [6.07, 6.45) is 1.64. The number of benzene rings is 1. The van der Waals surface area contributed by atoms with E-state index < -0.39 is 0 Å². The van der Waals surface area contributed by atoms with Gasteiger partial charge in [-0.1, -0.05) is 13.0 Å². The molecule has 0 aliphatic carbocycles. The molecule has 0 bridgehead atoms. The van der Waals surface area contributed by atoms with E-state index in [2.05, 4.69) is 16.7 Å². The topological polar surface area (TPSA) is 74.2 Å². The molecule has 0 unspecified atom stereocenters. The Morgan fingerprint density at radius 1 is 1.45 bits per heavy atom. The average Bonchev–Trinajstić information content (AvgIpc) is 2.44. The van der Waals surface area contributed by atoms with E-state index in [-0.39, 0.29) is 5.91 Å². The number of hydrogen-bond donors (Lipinski definition) is 2. The molecule has 20 heavy (non-hydrogen) atoms. The maximum absolute atomic E-state index is 11.7. The predicted molar refractivity (Wildman–Crippen MR) is 78.6 cm³/mol. The van der Waals surface area contributed by atoms with Crippen LogP contribution < -0.4 is 15.4 Å². The summed E-state index contributed by atoms with van der Waals surface area (Å²) < 4.78 is 5.51. The van der Waals surface area contributed by atoms with Gasteiger partial charge >= 0.3 is 0 Å². The van der Waals surface area contributed by atoms with Crippen LogP contribution in [0.3, 0.4) is 0 Å². The summed E-state index contributed by atoms with van der Waals surface area (Å²) in [7, 11) is 0. The molecule has 0 saturated heterocycles. The molecule has 5 nitrogen and oxygen atoms in total. The first-order valence-electron chi connectivity index (χ1n) is 6.86. The quantitative estimate of drug-likeness (QED) is 0.678. The van der Waals surface area contributed by atoms with Gasteiger partial charge in [-0.25, -0.2) is 0 Å². The van der Waals surface area contributed by atoms with E-state index in [0.717, 1.165) is 12.2 Å². The van der Waals surface area contributed by atoms with Crippen LogP contribution in [0.5, 0.6) is 5.75 Å². The van der Waals surface area contributed by atoms with Crippen molar-refractivity contribution >= 4 is 11.6 Å². The highest BCUT2D eigenvalue weighted by Crippen LogP contribution is 2.17. The van der Waals surface area contributed by atoms with Crippen LogP contribution in [0.1, 0.15) is 26.2 Å². The number of nitrogens with one attached hydrogen (secondary N) is 2. The zero-order valence-electron chi connectivity index (χ0n) is 11.8. The smallest absolute Gasteiger partial charge is 0.225 e. The minimum Gasteiger partial charge on any atom is -0.493 e. The second kappa shape index (κ2) is 9.82. The second-order valence-corrected chi connectivity index (χ2v) is 4.29. The highest BCUT2D eigenvalue weighted by atomic mass is 16.5. The lowest BCUT2D eigenvalue weighted by molar-refractivity contribution is -0.116. The highest BCUT2D eigenvalue weighted by Gasteiger charge is 2.03. The molecule has 5 heteroatoms. The van der Waals surface area contributed by atoms with Crippen LogP contribution in [-0.4, -0.2) is 25.6 Å². The lowest BCUT2D eigenvalue weighted by Crippen LogP contribution is -2.21. The summed E-state index contributed by atoms with van der Waals surface area (Å²) in [5.74, 6) is 0.681. The molecule has 0 fully saturated rings. The number of nitriles is 1. The summed E-state index contributed by atoms with van der Waals surface area (Å²) in [6, 6.07) is 9.36. The number of hydrogen-bond acceptors (Lipinski definition) is 4. The van der Waals surface area contributed by atoms with Crippen LogP contribution in [0.2, 0.25) is 0 Å². The monoisotopic (exact) mass is 275 g/mol. The number of rotatable bonds is 9. The van der Waals surface area contributed by atoms with Crippen molar-refractivity contribution in [2.45, 2.75) is 26.2 Å². The Hall–Kier alpha value is -2.06. The van der Waals surface area contributed by atoms with Crippen molar-refractivity contribution in [3.8, 4) is 11.8 Å². The molecule has 0 aliphatic heterocycles. The first-order valence-corrected chi connectivity index (χ1v) is 6.86. The SMILES string of the molecule is CCNCCC(=O)Nc1cccc(OCCCC#N)c1. The zero-order valence-corrected chi connectivity index (χ0v) is 11.8. The maximum Gasteiger partial charge on any atom is 0.225 e. The predicted octanol–water partition coefficient (Wildman–Crippen LogP) is 2.31. The molecular formula is C15H21N3O2. The molecule has 2 N–H and O–H groups in total. The molecule has 0 aliphatic rings. The van der Waals surface area contributed by atoms with Crippen LogP contribution in [0, 0.1) is 11.3 Å². The summed E-state index contributed by atoms with van der Waals surface area (Å²) in [5.41, 5.74) is 0.726. The third-order valence-electron chi connectivity index (χ3n) is 2.60. The molecule has 0 atom stereocenters. The molecule has 1 aromatic rings. The molecular weight excluding hydrogens is 254 g/mol. The second-order valence-electron chi connectivity index (χ2n) is 4.29. The van der Waals surface area contributed by atoms with E-state index in [0.29, 0.717) is 38.2 Å². The van der Waals surface area contributed by atoms with E-state index in [1.54, 1.807) is 6.07 Å². The third kappa shape index (κ3) is 6.76. The average molecular weight is 275 g/mol. The van der Waals surface area contributed by atoms with E-state index >= 15 is 0 Å². The number of amides is 1. The highest BCUT2D eigenvalue weighted by molar-refractivity contribution is 5.90. The normalized spacial score (nSPS) is 9.80. The Morgan fingerprint density at radius 3 is 3.05 bits per heavy atom. The minimum atomic E-state index is -0.0208. The van der Waals surface area contributed by atoms with Crippen molar-refractivity contribution < 1.29 is 9.53 Å². The number of nitrogens with zero attached hydrogens (tertiary/aromatic N) is 1. The molecule has 1 amide bonds. The van der Waals surface area contributed by atoms with E-state index in [1.165, 1.54) is 0 Å². The zero-order chi connectivity index (χ0) is 14.6. The van der Waals surface area contributed by atoms with Gasteiger partial charge in [0.1, 0.15) is 5.75 Å². The number of carbonyl (C=O) groups excluding carboxylic acids is 1. The largest absolute Gasteiger partial charge is 0.493 e.